The van der Waals surface area contributed by atoms with Gasteiger partial charge in [0.1, 0.15) is 5.82 Å². The van der Waals surface area contributed by atoms with Gasteiger partial charge in [-0.25, -0.2) is 4.98 Å². The molecule has 14 heavy (non-hydrogen) atoms. The first-order valence-electron chi connectivity index (χ1n) is 4.92. The smallest absolute Gasteiger partial charge is 0.126 e. The summed E-state index contributed by atoms with van der Waals surface area (Å²) in [5.74, 6) is 0.949. The van der Waals surface area contributed by atoms with E-state index in [9.17, 15) is 0 Å². The first-order valence-corrected chi connectivity index (χ1v) is 4.92. The predicted octanol–water partition coefficient (Wildman–Crippen LogP) is 1.75. The van der Waals surface area contributed by atoms with E-state index in [1.165, 1.54) is 5.56 Å². The van der Waals surface area contributed by atoms with Crippen LogP contribution in [0.5, 0.6) is 0 Å². The minimum absolute atomic E-state index is 0.417. The molecule has 1 unspecified atom stereocenters. The topological polar surface area (TPSA) is 28.2 Å². The van der Waals surface area contributed by atoms with E-state index in [2.05, 4.69) is 42.3 Å². The van der Waals surface area contributed by atoms with Gasteiger partial charge in [0.05, 0.1) is 0 Å². The number of nitrogens with one attached hydrogen (secondary N) is 1. The van der Waals surface area contributed by atoms with Gasteiger partial charge in [0.15, 0.2) is 0 Å². The van der Waals surface area contributed by atoms with E-state index in [0.29, 0.717) is 6.04 Å². The van der Waals surface area contributed by atoms with Gasteiger partial charge < -0.3 is 10.2 Å². The average molecular weight is 193 g/mol. The van der Waals surface area contributed by atoms with Gasteiger partial charge >= 0.3 is 0 Å². The highest BCUT2D eigenvalue weighted by molar-refractivity contribution is 5.36. The van der Waals surface area contributed by atoms with Gasteiger partial charge in [0.2, 0.25) is 0 Å². The molecule has 0 bridgehead atoms. The van der Waals surface area contributed by atoms with Crippen LogP contribution in [-0.4, -0.2) is 36.6 Å². The highest BCUT2D eigenvalue weighted by atomic mass is 15.1. The number of likely N-dealkylation sites (N-methyl/N-ethyl adjacent to an activating group) is 1. The SMILES string of the molecule is Cc1ccc(NC(C)CN(C)C)nc1. The Morgan fingerprint density at radius 2 is 2.14 bits per heavy atom. The van der Waals surface area contributed by atoms with Crippen molar-refractivity contribution in [3.8, 4) is 0 Å². The molecule has 0 amide bonds. The van der Waals surface area contributed by atoms with Gasteiger partial charge in [-0.15, -0.1) is 0 Å². The zero-order valence-electron chi connectivity index (χ0n) is 9.41. The summed E-state index contributed by atoms with van der Waals surface area (Å²) in [6.07, 6.45) is 1.88. The molecule has 0 aliphatic heterocycles. The second-order valence-corrected chi connectivity index (χ2v) is 4.03. The summed E-state index contributed by atoms with van der Waals surface area (Å²) in [5.41, 5.74) is 1.19. The molecule has 1 N–H and O–H groups in total. The fraction of sp³-hybridized carbons (Fsp3) is 0.545. The van der Waals surface area contributed by atoms with E-state index in [0.717, 1.165) is 12.4 Å². The number of hydrogen-bond donors (Lipinski definition) is 1. The summed E-state index contributed by atoms with van der Waals surface area (Å²) in [5, 5.41) is 3.35. The lowest BCUT2D eigenvalue weighted by molar-refractivity contribution is 0.392. The molecule has 0 aliphatic carbocycles. The minimum atomic E-state index is 0.417. The van der Waals surface area contributed by atoms with Crippen molar-refractivity contribution in [2.45, 2.75) is 19.9 Å². The van der Waals surface area contributed by atoms with Crippen molar-refractivity contribution in [1.29, 1.82) is 0 Å². The normalized spacial score (nSPS) is 12.9. The van der Waals surface area contributed by atoms with Crippen molar-refractivity contribution < 1.29 is 0 Å². The highest BCUT2D eigenvalue weighted by Crippen LogP contribution is 2.05. The molecule has 0 saturated carbocycles. The first kappa shape index (κ1) is 11.0. The molecule has 1 atom stereocenters. The Balaban J connectivity index is 2.47. The summed E-state index contributed by atoms with van der Waals surface area (Å²) in [4.78, 5) is 6.45. The molecule has 1 heterocycles. The molecular weight excluding hydrogens is 174 g/mol. The van der Waals surface area contributed by atoms with Crippen LogP contribution in [-0.2, 0) is 0 Å². The third kappa shape index (κ3) is 3.75. The van der Waals surface area contributed by atoms with Crippen LogP contribution < -0.4 is 5.32 Å². The largest absolute Gasteiger partial charge is 0.366 e. The maximum absolute atomic E-state index is 4.30. The number of nitrogens with zero attached hydrogens (tertiary/aromatic N) is 2. The second-order valence-electron chi connectivity index (χ2n) is 4.03. The van der Waals surface area contributed by atoms with Crippen LogP contribution in [0.3, 0.4) is 0 Å². The Morgan fingerprint density at radius 3 is 2.64 bits per heavy atom. The number of rotatable bonds is 4. The van der Waals surface area contributed by atoms with E-state index in [-0.39, 0.29) is 0 Å². The van der Waals surface area contributed by atoms with Crippen molar-refractivity contribution >= 4 is 5.82 Å². The molecule has 0 aliphatic rings. The summed E-state index contributed by atoms with van der Waals surface area (Å²) < 4.78 is 0. The van der Waals surface area contributed by atoms with E-state index >= 15 is 0 Å². The molecule has 0 saturated heterocycles. The Morgan fingerprint density at radius 1 is 1.43 bits per heavy atom. The fourth-order valence-electron chi connectivity index (χ4n) is 1.40. The van der Waals surface area contributed by atoms with Gasteiger partial charge in [0.25, 0.3) is 0 Å². The van der Waals surface area contributed by atoms with Crippen LogP contribution >= 0.6 is 0 Å². The third-order valence-corrected chi connectivity index (χ3v) is 1.94. The molecule has 0 aromatic carbocycles. The van der Waals surface area contributed by atoms with E-state index in [1.807, 2.05) is 19.2 Å². The molecule has 0 radical (unpaired) electrons. The molecule has 78 valence electrons. The van der Waals surface area contributed by atoms with E-state index in [4.69, 9.17) is 0 Å². The number of anilines is 1. The molecule has 0 spiro atoms. The zero-order chi connectivity index (χ0) is 10.6. The number of aryl methyl sites for hydroxylation is 1. The summed E-state index contributed by atoms with van der Waals surface area (Å²) in [6.45, 7) is 5.21. The summed E-state index contributed by atoms with van der Waals surface area (Å²) in [6, 6.07) is 4.50. The molecule has 3 nitrogen and oxygen atoms in total. The van der Waals surface area contributed by atoms with Gasteiger partial charge in [-0.3, -0.25) is 0 Å². The summed E-state index contributed by atoms with van der Waals surface area (Å²) >= 11 is 0. The lowest BCUT2D eigenvalue weighted by Crippen LogP contribution is -2.29. The quantitative estimate of drug-likeness (QED) is 0.789. The van der Waals surface area contributed by atoms with E-state index < -0.39 is 0 Å². The Kier molecular flexibility index (Phi) is 3.89. The Bertz CT molecular complexity index is 266. The molecule has 3 heteroatoms. The Labute approximate surface area is 86.2 Å². The van der Waals surface area contributed by atoms with Crippen molar-refractivity contribution in [1.82, 2.24) is 9.88 Å². The number of aromatic nitrogens is 1. The first-order chi connectivity index (χ1) is 6.58. The van der Waals surface area contributed by atoms with E-state index in [1.54, 1.807) is 0 Å². The van der Waals surface area contributed by atoms with Gasteiger partial charge in [-0.05, 0) is 39.6 Å². The molecule has 1 rings (SSSR count). The number of pyridine rings is 1. The zero-order valence-corrected chi connectivity index (χ0v) is 9.41. The van der Waals surface area contributed by atoms with Crippen molar-refractivity contribution in [2.24, 2.45) is 0 Å². The lowest BCUT2D eigenvalue weighted by atomic mass is 10.3. The van der Waals surface area contributed by atoms with Crippen molar-refractivity contribution in [2.75, 3.05) is 26.0 Å². The van der Waals surface area contributed by atoms with Crippen LogP contribution in [0, 0.1) is 6.92 Å². The number of hydrogen-bond acceptors (Lipinski definition) is 3. The fourth-order valence-corrected chi connectivity index (χ4v) is 1.40. The van der Waals surface area contributed by atoms with Crippen LogP contribution in [0.1, 0.15) is 12.5 Å². The van der Waals surface area contributed by atoms with Crippen molar-refractivity contribution in [3.05, 3.63) is 23.9 Å². The maximum atomic E-state index is 4.30. The molecule has 1 aromatic heterocycles. The highest BCUT2D eigenvalue weighted by Gasteiger charge is 2.03. The molecule has 1 aromatic rings. The van der Waals surface area contributed by atoms with Gasteiger partial charge in [0, 0.05) is 18.8 Å². The molecule has 0 fully saturated rings. The predicted molar refractivity (Wildman–Crippen MR) is 60.6 cm³/mol. The van der Waals surface area contributed by atoms with Crippen molar-refractivity contribution in [3.63, 3.8) is 0 Å². The van der Waals surface area contributed by atoms with Gasteiger partial charge in [-0.1, -0.05) is 6.07 Å². The van der Waals surface area contributed by atoms with Gasteiger partial charge in [-0.2, -0.15) is 0 Å². The Hall–Kier alpha value is -1.09. The maximum Gasteiger partial charge on any atom is 0.126 e. The second kappa shape index (κ2) is 4.96. The van der Waals surface area contributed by atoms with Crippen LogP contribution in [0.2, 0.25) is 0 Å². The minimum Gasteiger partial charge on any atom is -0.366 e. The standard InChI is InChI=1S/C11H19N3/c1-9-5-6-11(12-7-9)13-10(2)8-14(3)4/h5-7,10H,8H2,1-4H3,(H,12,13). The average Bonchev–Trinajstić information content (AvgIpc) is 2.07. The monoisotopic (exact) mass is 193 g/mol. The van der Waals surface area contributed by atoms with Crippen LogP contribution in [0.4, 0.5) is 5.82 Å². The lowest BCUT2D eigenvalue weighted by Gasteiger charge is -2.18. The van der Waals surface area contributed by atoms with Crippen LogP contribution in [0.25, 0.3) is 0 Å². The molecular formula is C11H19N3. The summed E-state index contributed by atoms with van der Waals surface area (Å²) in [7, 11) is 4.14. The third-order valence-electron chi connectivity index (χ3n) is 1.94. The van der Waals surface area contributed by atoms with Crippen LogP contribution in [0.15, 0.2) is 18.3 Å².